The Morgan fingerprint density at radius 3 is 2.62 bits per heavy atom. The van der Waals surface area contributed by atoms with Crippen LogP contribution < -0.4 is 4.72 Å². The molecule has 1 aliphatic rings. The van der Waals surface area contributed by atoms with Crippen molar-refractivity contribution in [3.63, 3.8) is 0 Å². The molecule has 0 heterocycles. The van der Waals surface area contributed by atoms with Gasteiger partial charge in [0.1, 0.15) is 6.61 Å². The van der Waals surface area contributed by atoms with Gasteiger partial charge in [-0.25, -0.2) is 13.1 Å². The Labute approximate surface area is 126 Å². The van der Waals surface area contributed by atoms with E-state index in [2.05, 4.69) is 16.6 Å². The third kappa shape index (κ3) is 4.57. The standard InChI is InChI=1S/C16H21NO3S/c18-12-6-10-15-9-4-5-11-16(15)21(19,20)17-13-14-7-2-1-3-8-14/h4-5,9,11,14,17-18H,1-3,7-8,12-13H2. The van der Waals surface area contributed by atoms with Gasteiger partial charge in [0.25, 0.3) is 0 Å². The fourth-order valence-electron chi connectivity index (χ4n) is 2.64. The second kappa shape index (κ2) is 7.60. The first-order valence-corrected chi connectivity index (χ1v) is 8.80. The molecule has 0 amide bonds. The van der Waals surface area contributed by atoms with E-state index in [1.165, 1.54) is 19.3 Å². The highest BCUT2D eigenvalue weighted by molar-refractivity contribution is 7.89. The first-order chi connectivity index (χ1) is 10.1. The van der Waals surface area contributed by atoms with Crippen molar-refractivity contribution in [1.29, 1.82) is 0 Å². The van der Waals surface area contributed by atoms with Gasteiger partial charge >= 0.3 is 0 Å². The maximum Gasteiger partial charge on any atom is 0.241 e. The van der Waals surface area contributed by atoms with Crippen LogP contribution in [0.15, 0.2) is 29.2 Å². The van der Waals surface area contributed by atoms with Crippen molar-refractivity contribution in [2.75, 3.05) is 13.2 Å². The highest BCUT2D eigenvalue weighted by atomic mass is 32.2. The highest BCUT2D eigenvalue weighted by Gasteiger charge is 2.20. The van der Waals surface area contributed by atoms with Crippen LogP contribution in [-0.2, 0) is 10.0 Å². The highest BCUT2D eigenvalue weighted by Crippen LogP contribution is 2.23. The number of aliphatic hydroxyl groups excluding tert-OH is 1. The summed E-state index contributed by atoms with van der Waals surface area (Å²) in [5.41, 5.74) is 0.419. The molecule has 2 N–H and O–H groups in total. The molecule has 1 fully saturated rings. The van der Waals surface area contributed by atoms with Gasteiger partial charge in [0.05, 0.1) is 4.90 Å². The van der Waals surface area contributed by atoms with Crippen molar-refractivity contribution in [2.45, 2.75) is 37.0 Å². The number of sulfonamides is 1. The Bertz CT molecular complexity index is 622. The molecule has 1 aliphatic carbocycles. The smallest absolute Gasteiger partial charge is 0.241 e. The van der Waals surface area contributed by atoms with Crippen molar-refractivity contribution in [1.82, 2.24) is 4.72 Å². The molecule has 5 heteroatoms. The van der Waals surface area contributed by atoms with Crippen LogP contribution in [0.4, 0.5) is 0 Å². The predicted molar refractivity (Wildman–Crippen MR) is 82.2 cm³/mol. The van der Waals surface area contributed by atoms with Gasteiger partial charge in [0.15, 0.2) is 0 Å². The van der Waals surface area contributed by atoms with Crippen LogP contribution in [0.1, 0.15) is 37.7 Å². The average Bonchev–Trinajstić information content (AvgIpc) is 2.52. The molecule has 0 aliphatic heterocycles. The van der Waals surface area contributed by atoms with Crippen molar-refractivity contribution < 1.29 is 13.5 Å². The first-order valence-electron chi connectivity index (χ1n) is 7.32. The lowest BCUT2D eigenvalue weighted by Crippen LogP contribution is -2.30. The molecular formula is C16H21NO3S. The molecule has 0 radical (unpaired) electrons. The summed E-state index contributed by atoms with van der Waals surface area (Å²) in [6, 6.07) is 6.61. The van der Waals surface area contributed by atoms with E-state index in [0.29, 0.717) is 18.0 Å². The summed E-state index contributed by atoms with van der Waals surface area (Å²) >= 11 is 0. The molecule has 0 unspecified atom stereocenters. The third-order valence-corrected chi connectivity index (χ3v) is 5.25. The zero-order valence-electron chi connectivity index (χ0n) is 12.0. The Morgan fingerprint density at radius 2 is 1.90 bits per heavy atom. The van der Waals surface area contributed by atoms with Crippen molar-refractivity contribution in [2.24, 2.45) is 5.92 Å². The topological polar surface area (TPSA) is 66.4 Å². The third-order valence-electron chi connectivity index (χ3n) is 3.77. The number of hydrogen-bond donors (Lipinski definition) is 2. The minimum atomic E-state index is -3.55. The maximum absolute atomic E-state index is 12.4. The van der Waals surface area contributed by atoms with Gasteiger partial charge in [0, 0.05) is 12.1 Å². The van der Waals surface area contributed by atoms with E-state index in [9.17, 15) is 8.42 Å². The maximum atomic E-state index is 12.4. The van der Waals surface area contributed by atoms with E-state index in [-0.39, 0.29) is 11.5 Å². The summed E-state index contributed by atoms with van der Waals surface area (Å²) in [4.78, 5) is 0.182. The molecule has 2 rings (SSSR count). The number of hydrogen-bond acceptors (Lipinski definition) is 3. The SMILES string of the molecule is O=S(=O)(NCC1CCCCC1)c1ccccc1C#CCO. The summed E-state index contributed by atoms with van der Waals surface area (Å²) < 4.78 is 27.5. The lowest BCUT2D eigenvalue weighted by atomic mass is 9.90. The van der Waals surface area contributed by atoms with Gasteiger partial charge in [-0.1, -0.05) is 43.2 Å². The summed E-state index contributed by atoms with van der Waals surface area (Å²) in [5.74, 6) is 5.62. The predicted octanol–water partition coefficient (Wildman–Crippen LogP) is 1.89. The van der Waals surface area contributed by atoms with E-state index >= 15 is 0 Å². The minimum Gasteiger partial charge on any atom is -0.384 e. The fourth-order valence-corrected chi connectivity index (χ4v) is 3.91. The average molecular weight is 307 g/mol. The van der Waals surface area contributed by atoms with E-state index in [0.717, 1.165) is 12.8 Å². The Balaban J connectivity index is 2.11. The van der Waals surface area contributed by atoms with Crippen LogP contribution in [0.3, 0.4) is 0 Å². The Kier molecular flexibility index (Phi) is 5.80. The van der Waals surface area contributed by atoms with Crippen LogP contribution in [0.5, 0.6) is 0 Å². The Hall–Kier alpha value is -1.35. The van der Waals surface area contributed by atoms with E-state index in [1.54, 1.807) is 24.3 Å². The number of benzene rings is 1. The number of aliphatic hydroxyl groups is 1. The summed E-state index contributed by atoms with van der Waals surface area (Å²) in [6.07, 6.45) is 5.81. The molecule has 0 aromatic heterocycles. The molecule has 1 saturated carbocycles. The van der Waals surface area contributed by atoms with Gasteiger partial charge in [0.2, 0.25) is 10.0 Å². The summed E-state index contributed by atoms with van der Waals surface area (Å²) in [6.45, 7) is 0.202. The van der Waals surface area contributed by atoms with E-state index < -0.39 is 10.0 Å². The second-order valence-electron chi connectivity index (χ2n) is 5.31. The van der Waals surface area contributed by atoms with E-state index in [4.69, 9.17) is 5.11 Å². The quantitative estimate of drug-likeness (QED) is 0.835. The molecule has 0 spiro atoms. The van der Waals surface area contributed by atoms with Crippen LogP contribution in [0.25, 0.3) is 0 Å². The van der Waals surface area contributed by atoms with Crippen molar-refractivity contribution >= 4 is 10.0 Å². The summed E-state index contributed by atoms with van der Waals surface area (Å²) in [7, 11) is -3.55. The molecular weight excluding hydrogens is 286 g/mol. The van der Waals surface area contributed by atoms with Crippen LogP contribution in [0, 0.1) is 17.8 Å². The fraction of sp³-hybridized carbons (Fsp3) is 0.500. The first kappa shape index (κ1) is 16.0. The lowest BCUT2D eigenvalue weighted by molar-refractivity contribution is 0.350. The van der Waals surface area contributed by atoms with Crippen LogP contribution >= 0.6 is 0 Å². The molecule has 0 bridgehead atoms. The molecule has 1 aromatic rings. The van der Waals surface area contributed by atoms with Gasteiger partial charge in [-0.15, -0.1) is 0 Å². The molecule has 21 heavy (non-hydrogen) atoms. The van der Waals surface area contributed by atoms with Gasteiger partial charge in [-0.3, -0.25) is 0 Å². The van der Waals surface area contributed by atoms with Crippen LogP contribution in [-0.4, -0.2) is 26.7 Å². The zero-order chi connectivity index (χ0) is 15.1. The lowest BCUT2D eigenvalue weighted by Gasteiger charge is -2.21. The molecule has 0 saturated heterocycles. The van der Waals surface area contributed by atoms with E-state index in [1.807, 2.05) is 0 Å². The molecule has 114 valence electrons. The number of rotatable bonds is 4. The van der Waals surface area contributed by atoms with Gasteiger partial charge in [-0.2, -0.15) is 0 Å². The summed E-state index contributed by atoms with van der Waals surface area (Å²) in [5, 5.41) is 8.76. The Morgan fingerprint density at radius 1 is 1.19 bits per heavy atom. The van der Waals surface area contributed by atoms with Gasteiger partial charge < -0.3 is 5.11 Å². The monoisotopic (exact) mass is 307 g/mol. The van der Waals surface area contributed by atoms with Crippen molar-refractivity contribution in [3.8, 4) is 11.8 Å². The van der Waals surface area contributed by atoms with Crippen molar-refractivity contribution in [3.05, 3.63) is 29.8 Å². The van der Waals surface area contributed by atoms with Crippen LogP contribution in [0.2, 0.25) is 0 Å². The molecule has 0 atom stereocenters. The largest absolute Gasteiger partial charge is 0.384 e. The molecule has 1 aromatic carbocycles. The van der Waals surface area contributed by atoms with Gasteiger partial charge in [-0.05, 0) is 30.9 Å². The zero-order valence-corrected chi connectivity index (χ0v) is 12.8. The minimum absolute atomic E-state index is 0.182. The second-order valence-corrected chi connectivity index (χ2v) is 7.05. The molecule has 4 nitrogen and oxygen atoms in total. The normalized spacial score (nSPS) is 16.2. The number of nitrogens with one attached hydrogen (secondary N) is 1.